The fourth-order valence-corrected chi connectivity index (χ4v) is 3.74. The highest BCUT2D eigenvalue weighted by Crippen LogP contribution is 2.26. The van der Waals surface area contributed by atoms with Crippen LogP contribution in [0.5, 0.6) is 0 Å². The van der Waals surface area contributed by atoms with E-state index in [-0.39, 0.29) is 5.91 Å². The molecular weight excluding hydrogens is 334 g/mol. The lowest BCUT2D eigenvalue weighted by atomic mass is 10.0. The van der Waals surface area contributed by atoms with Crippen molar-refractivity contribution in [2.24, 2.45) is 5.92 Å². The number of aryl methyl sites for hydroxylation is 1. The van der Waals surface area contributed by atoms with Crippen LogP contribution >= 0.6 is 0 Å². The second-order valence-corrected chi connectivity index (χ2v) is 7.17. The normalized spacial score (nSPS) is 21.4. The van der Waals surface area contributed by atoms with Crippen molar-refractivity contribution in [3.63, 3.8) is 0 Å². The summed E-state index contributed by atoms with van der Waals surface area (Å²) in [6.07, 6.45) is 8.25. The summed E-state index contributed by atoms with van der Waals surface area (Å²) in [6.45, 7) is 3.49. The van der Waals surface area contributed by atoms with E-state index in [0.717, 1.165) is 70.1 Å². The third-order valence-electron chi connectivity index (χ3n) is 5.33. The molecule has 1 atom stereocenters. The minimum atomic E-state index is 0.137. The average Bonchev–Trinajstić information content (AvgIpc) is 3.42. The van der Waals surface area contributed by atoms with Gasteiger partial charge in [0.2, 0.25) is 11.8 Å². The molecular formula is C18H25N5O3. The van der Waals surface area contributed by atoms with Crippen molar-refractivity contribution < 1.29 is 14.1 Å². The predicted molar refractivity (Wildman–Crippen MR) is 92.3 cm³/mol. The van der Waals surface area contributed by atoms with E-state index in [1.807, 2.05) is 17.2 Å². The Morgan fingerprint density at radius 2 is 2.15 bits per heavy atom. The summed E-state index contributed by atoms with van der Waals surface area (Å²) in [6, 6.07) is 1.83. The van der Waals surface area contributed by atoms with Crippen molar-refractivity contribution in [2.75, 3.05) is 26.3 Å². The SMILES string of the molecule is O=C(Cn1cccn1)N1CCC(CCc2noc(C3CCOCC3)n2)C1. The molecule has 0 aromatic carbocycles. The number of hydrogen-bond acceptors (Lipinski definition) is 6. The second-order valence-electron chi connectivity index (χ2n) is 7.17. The smallest absolute Gasteiger partial charge is 0.244 e. The molecule has 2 fully saturated rings. The molecule has 0 bridgehead atoms. The molecule has 4 rings (SSSR count). The van der Waals surface area contributed by atoms with E-state index in [4.69, 9.17) is 9.26 Å². The molecule has 2 aliphatic heterocycles. The van der Waals surface area contributed by atoms with Gasteiger partial charge in [0.1, 0.15) is 6.54 Å². The van der Waals surface area contributed by atoms with Gasteiger partial charge in [-0.05, 0) is 37.7 Å². The van der Waals surface area contributed by atoms with E-state index in [0.29, 0.717) is 18.4 Å². The number of aromatic nitrogens is 4. The third kappa shape index (κ3) is 4.12. The molecule has 2 aromatic heterocycles. The van der Waals surface area contributed by atoms with Crippen LogP contribution in [0.25, 0.3) is 0 Å². The van der Waals surface area contributed by atoms with Crippen LogP contribution < -0.4 is 0 Å². The highest BCUT2D eigenvalue weighted by atomic mass is 16.5. The topological polar surface area (TPSA) is 86.3 Å². The first kappa shape index (κ1) is 17.2. The van der Waals surface area contributed by atoms with E-state index in [1.165, 1.54) is 0 Å². The number of rotatable bonds is 6. The molecule has 2 aliphatic rings. The quantitative estimate of drug-likeness (QED) is 0.779. The average molecular weight is 359 g/mol. The van der Waals surface area contributed by atoms with Crippen molar-refractivity contribution in [2.45, 2.75) is 44.6 Å². The number of hydrogen-bond donors (Lipinski definition) is 0. The van der Waals surface area contributed by atoms with E-state index < -0.39 is 0 Å². The fourth-order valence-electron chi connectivity index (χ4n) is 3.74. The molecule has 8 nitrogen and oxygen atoms in total. The molecule has 26 heavy (non-hydrogen) atoms. The zero-order valence-corrected chi connectivity index (χ0v) is 14.9. The minimum Gasteiger partial charge on any atom is -0.381 e. The van der Waals surface area contributed by atoms with E-state index >= 15 is 0 Å². The van der Waals surface area contributed by atoms with Crippen molar-refractivity contribution in [1.82, 2.24) is 24.8 Å². The molecule has 1 amide bonds. The lowest BCUT2D eigenvalue weighted by Crippen LogP contribution is -2.32. The van der Waals surface area contributed by atoms with Gasteiger partial charge in [-0.1, -0.05) is 5.16 Å². The Kier molecular flexibility index (Phi) is 5.29. The maximum Gasteiger partial charge on any atom is 0.244 e. The van der Waals surface area contributed by atoms with Crippen molar-refractivity contribution in [3.8, 4) is 0 Å². The molecule has 0 N–H and O–H groups in total. The fraction of sp³-hybridized carbons (Fsp3) is 0.667. The van der Waals surface area contributed by atoms with Crippen molar-refractivity contribution in [1.29, 1.82) is 0 Å². The van der Waals surface area contributed by atoms with Gasteiger partial charge in [-0.15, -0.1) is 0 Å². The minimum absolute atomic E-state index is 0.137. The molecule has 2 aromatic rings. The molecule has 1 unspecified atom stereocenters. The molecule has 4 heterocycles. The number of amides is 1. The summed E-state index contributed by atoms with van der Waals surface area (Å²) in [5.41, 5.74) is 0. The van der Waals surface area contributed by atoms with Crippen LogP contribution in [-0.2, 0) is 22.5 Å². The second kappa shape index (κ2) is 7.99. The van der Waals surface area contributed by atoms with Gasteiger partial charge in [-0.3, -0.25) is 9.48 Å². The van der Waals surface area contributed by atoms with Crippen LogP contribution in [0.3, 0.4) is 0 Å². The van der Waals surface area contributed by atoms with Gasteiger partial charge >= 0.3 is 0 Å². The zero-order valence-electron chi connectivity index (χ0n) is 14.9. The largest absolute Gasteiger partial charge is 0.381 e. The summed E-state index contributed by atoms with van der Waals surface area (Å²) in [4.78, 5) is 18.8. The van der Waals surface area contributed by atoms with Crippen LogP contribution in [0, 0.1) is 5.92 Å². The molecule has 0 radical (unpaired) electrons. The van der Waals surface area contributed by atoms with Gasteiger partial charge in [0.15, 0.2) is 5.82 Å². The van der Waals surface area contributed by atoms with Gasteiger partial charge in [0.25, 0.3) is 0 Å². The molecule has 0 saturated carbocycles. The number of likely N-dealkylation sites (tertiary alicyclic amines) is 1. The Labute approximate surface area is 152 Å². The standard InChI is InChI=1S/C18H25N5O3/c24-17(13-23-8-1-7-19-23)22-9-4-14(12-22)2-3-16-20-18(26-21-16)15-5-10-25-11-6-15/h1,7-8,14-15H,2-6,9-13H2. The summed E-state index contributed by atoms with van der Waals surface area (Å²) in [5.74, 6) is 2.52. The van der Waals surface area contributed by atoms with Crippen LogP contribution in [0.2, 0.25) is 0 Å². The molecule has 8 heteroatoms. The maximum atomic E-state index is 12.3. The maximum absolute atomic E-state index is 12.3. The lowest BCUT2D eigenvalue weighted by Gasteiger charge is -2.18. The highest BCUT2D eigenvalue weighted by molar-refractivity contribution is 5.76. The zero-order chi connectivity index (χ0) is 17.8. The molecule has 0 aliphatic carbocycles. The Hall–Kier alpha value is -2.22. The van der Waals surface area contributed by atoms with Gasteiger partial charge in [0.05, 0.1) is 0 Å². The van der Waals surface area contributed by atoms with Gasteiger partial charge < -0.3 is 14.2 Å². The van der Waals surface area contributed by atoms with Crippen LogP contribution in [-0.4, -0.2) is 57.0 Å². The van der Waals surface area contributed by atoms with Crippen LogP contribution in [0.4, 0.5) is 0 Å². The number of carbonyl (C=O) groups excluding carboxylic acids is 1. The Balaban J connectivity index is 1.23. The first-order valence-corrected chi connectivity index (χ1v) is 9.43. The first-order chi connectivity index (χ1) is 12.8. The highest BCUT2D eigenvalue weighted by Gasteiger charge is 2.27. The summed E-state index contributed by atoms with van der Waals surface area (Å²) >= 11 is 0. The van der Waals surface area contributed by atoms with E-state index in [1.54, 1.807) is 10.9 Å². The number of ether oxygens (including phenoxy) is 1. The first-order valence-electron chi connectivity index (χ1n) is 9.43. The third-order valence-corrected chi connectivity index (χ3v) is 5.33. The summed E-state index contributed by atoms with van der Waals surface area (Å²) in [7, 11) is 0. The summed E-state index contributed by atoms with van der Waals surface area (Å²) < 4.78 is 12.5. The van der Waals surface area contributed by atoms with Crippen LogP contribution in [0.1, 0.15) is 43.3 Å². The summed E-state index contributed by atoms with van der Waals surface area (Å²) in [5, 5.41) is 8.24. The monoisotopic (exact) mass is 359 g/mol. The Bertz CT molecular complexity index is 708. The van der Waals surface area contributed by atoms with Gasteiger partial charge in [0, 0.05) is 51.0 Å². The lowest BCUT2D eigenvalue weighted by molar-refractivity contribution is -0.131. The van der Waals surface area contributed by atoms with E-state index in [9.17, 15) is 4.79 Å². The number of nitrogens with zero attached hydrogens (tertiary/aromatic N) is 5. The predicted octanol–water partition coefficient (Wildman–Crippen LogP) is 1.64. The van der Waals surface area contributed by atoms with Crippen molar-refractivity contribution >= 4 is 5.91 Å². The molecule has 0 spiro atoms. The van der Waals surface area contributed by atoms with Gasteiger partial charge in [-0.25, -0.2) is 0 Å². The molecule has 140 valence electrons. The Morgan fingerprint density at radius 3 is 2.96 bits per heavy atom. The Morgan fingerprint density at radius 1 is 1.27 bits per heavy atom. The molecule has 2 saturated heterocycles. The van der Waals surface area contributed by atoms with Crippen LogP contribution in [0.15, 0.2) is 23.0 Å². The van der Waals surface area contributed by atoms with Crippen molar-refractivity contribution in [3.05, 3.63) is 30.2 Å². The van der Waals surface area contributed by atoms with Gasteiger partial charge in [-0.2, -0.15) is 10.1 Å². The van der Waals surface area contributed by atoms with E-state index in [2.05, 4.69) is 15.2 Å². The number of carbonyl (C=O) groups is 1.